The minimum atomic E-state index is -0.609. The molecule has 0 saturated carbocycles. The Hall–Kier alpha value is -0.320. The Bertz CT molecular complexity index is 287. The average Bonchev–Trinajstić information content (AvgIpc) is 2.08. The van der Waals surface area contributed by atoms with Crippen LogP contribution in [0.4, 0.5) is 0 Å². The van der Waals surface area contributed by atoms with Gasteiger partial charge in [0, 0.05) is 0 Å². The van der Waals surface area contributed by atoms with Crippen LogP contribution >= 0.6 is 0 Å². The van der Waals surface area contributed by atoms with Crippen LogP contribution in [0.15, 0.2) is 24.3 Å². The monoisotopic (exact) mass is 292 g/mol. The number of benzene rings is 1. The maximum atomic E-state index is 11.5. The van der Waals surface area contributed by atoms with Crippen molar-refractivity contribution < 1.29 is 4.79 Å². The van der Waals surface area contributed by atoms with Gasteiger partial charge in [-0.1, -0.05) is 0 Å². The van der Waals surface area contributed by atoms with E-state index in [1.165, 1.54) is 9.17 Å². The van der Waals surface area contributed by atoms with Gasteiger partial charge in [0.05, 0.1) is 0 Å². The van der Waals surface area contributed by atoms with Gasteiger partial charge in [0.2, 0.25) is 0 Å². The molecule has 0 spiro atoms. The van der Waals surface area contributed by atoms with Gasteiger partial charge in [-0.15, -0.1) is 0 Å². The van der Waals surface area contributed by atoms with Gasteiger partial charge in [-0.3, -0.25) is 0 Å². The summed E-state index contributed by atoms with van der Waals surface area (Å²) in [5.74, 6) is 0.198. The first kappa shape index (κ1) is 10.8. The normalized spacial score (nSPS) is 10.5. The summed E-state index contributed by atoms with van der Waals surface area (Å²) in [6, 6.07) is 8.32. The summed E-state index contributed by atoms with van der Waals surface area (Å²) in [5.41, 5.74) is 1.26. The van der Waals surface area contributed by atoms with Crippen molar-refractivity contribution in [2.45, 2.75) is 20.8 Å². The fourth-order valence-corrected chi connectivity index (χ4v) is 2.95. The molecule has 0 atom stereocenters. The molecule has 0 saturated heterocycles. The molecule has 0 aliphatic carbocycles. The Balaban J connectivity index is 2.65. The quantitative estimate of drug-likeness (QED) is 0.771. The van der Waals surface area contributed by atoms with Crippen LogP contribution < -0.4 is 3.61 Å². The summed E-state index contributed by atoms with van der Waals surface area (Å²) >= 11 is -0.609. The first-order chi connectivity index (χ1) is 6.09. The standard InChI is InChI=1S/C11H14OTe/c1-8(2)11(12)13-10-6-4-9(3)5-7-10/h4-8H,1-3H3. The first-order valence-electron chi connectivity index (χ1n) is 4.38. The number of hydrogen-bond donors (Lipinski definition) is 0. The fourth-order valence-electron chi connectivity index (χ4n) is 0.840. The number of rotatable bonds is 3. The van der Waals surface area contributed by atoms with E-state index in [9.17, 15) is 4.79 Å². The van der Waals surface area contributed by atoms with E-state index in [1.54, 1.807) is 0 Å². The summed E-state index contributed by atoms with van der Waals surface area (Å²) < 4.78 is 1.68. The van der Waals surface area contributed by atoms with Crippen molar-refractivity contribution in [3.05, 3.63) is 29.8 Å². The van der Waals surface area contributed by atoms with Crippen LogP contribution in [0.25, 0.3) is 0 Å². The van der Waals surface area contributed by atoms with Gasteiger partial charge in [0.15, 0.2) is 0 Å². The van der Waals surface area contributed by atoms with Gasteiger partial charge >= 0.3 is 89.7 Å². The summed E-state index contributed by atoms with van der Waals surface area (Å²) in [6.45, 7) is 6.01. The molecule has 0 N–H and O–H groups in total. The second-order valence-corrected chi connectivity index (χ2v) is 6.47. The molecule has 1 rings (SSSR count). The van der Waals surface area contributed by atoms with Crippen LogP contribution in [-0.2, 0) is 4.79 Å². The summed E-state index contributed by atoms with van der Waals surface area (Å²) in [4.78, 5) is 11.5. The van der Waals surface area contributed by atoms with Crippen molar-refractivity contribution in [1.82, 2.24) is 0 Å². The first-order valence-corrected chi connectivity index (χ1v) is 6.71. The molecule has 0 bridgehead atoms. The number of carbonyl (C=O) groups excluding carboxylic acids is 1. The van der Waals surface area contributed by atoms with E-state index in [0.717, 1.165) is 0 Å². The van der Waals surface area contributed by atoms with E-state index in [1.807, 2.05) is 13.8 Å². The molecule has 2 heteroatoms. The predicted octanol–water partition coefficient (Wildman–Crippen LogP) is 1.51. The minimum absolute atomic E-state index is 0.198. The molecule has 0 heterocycles. The molecule has 0 amide bonds. The molecular formula is C11H14OTe. The van der Waals surface area contributed by atoms with Crippen molar-refractivity contribution in [2.24, 2.45) is 5.92 Å². The van der Waals surface area contributed by atoms with Crippen molar-refractivity contribution >= 4 is 28.4 Å². The molecule has 1 aromatic rings. The third-order valence-electron chi connectivity index (χ3n) is 1.71. The van der Waals surface area contributed by atoms with Gasteiger partial charge in [0.25, 0.3) is 0 Å². The zero-order valence-corrected chi connectivity index (χ0v) is 10.5. The molecule has 1 nitrogen and oxygen atoms in total. The summed E-state index contributed by atoms with van der Waals surface area (Å²) in [6.07, 6.45) is 0. The third kappa shape index (κ3) is 3.50. The molecule has 0 aliphatic rings. The molecule has 0 unspecified atom stereocenters. The van der Waals surface area contributed by atoms with Crippen molar-refractivity contribution in [1.29, 1.82) is 0 Å². The predicted molar refractivity (Wildman–Crippen MR) is 56.4 cm³/mol. The molecule has 0 aliphatic heterocycles. The van der Waals surface area contributed by atoms with E-state index in [0.29, 0.717) is 3.83 Å². The van der Waals surface area contributed by atoms with E-state index < -0.39 is 20.9 Å². The van der Waals surface area contributed by atoms with E-state index in [4.69, 9.17) is 0 Å². The van der Waals surface area contributed by atoms with E-state index in [2.05, 4.69) is 31.2 Å². The Morgan fingerprint density at radius 1 is 1.23 bits per heavy atom. The molecule has 70 valence electrons. The van der Waals surface area contributed by atoms with Crippen molar-refractivity contribution in [2.75, 3.05) is 0 Å². The molecule has 0 fully saturated rings. The Morgan fingerprint density at radius 2 is 1.77 bits per heavy atom. The third-order valence-corrected chi connectivity index (χ3v) is 5.08. The van der Waals surface area contributed by atoms with Crippen LogP contribution in [0.2, 0.25) is 0 Å². The SMILES string of the molecule is Cc1ccc([Te]C(=O)C(C)C)cc1. The topological polar surface area (TPSA) is 17.1 Å². The number of carbonyl (C=O) groups is 1. The van der Waals surface area contributed by atoms with Gasteiger partial charge in [0.1, 0.15) is 0 Å². The summed E-state index contributed by atoms with van der Waals surface area (Å²) in [5, 5.41) is 0. The maximum absolute atomic E-state index is 11.5. The average molecular weight is 290 g/mol. The van der Waals surface area contributed by atoms with E-state index >= 15 is 0 Å². The number of hydrogen-bond acceptors (Lipinski definition) is 1. The van der Waals surface area contributed by atoms with Crippen LogP contribution in [0.3, 0.4) is 0 Å². The van der Waals surface area contributed by atoms with Gasteiger partial charge < -0.3 is 0 Å². The Labute approximate surface area is 89.6 Å². The fraction of sp³-hybridized carbons (Fsp3) is 0.364. The van der Waals surface area contributed by atoms with Crippen LogP contribution in [0.1, 0.15) is 19.4 Å². The summed E-state index contributed by atoms with van der Waals surface area (Å²) in [7, 11) is 0. The Kier molecular flexibility index (Phi) is 3.96. The number of aryl methyl sites for hydroxylation is 1. The van der Waals surface area contributed by atoms with Crippen molar-refractivity contribution in [3.8, 4) is 0 Å². The zero-order chi connectivity index (χ0) is 9.84. The molecular weight excluding hydrogens is 276 g/mol. The van der Waals surface area contributed by atoms with E-state index in [-0.39, 0.29) is 5.92 Å². The van der Waals surface area contributed by atoms with Crippen molar-refractivity contribution in [3.63, 3.8) is 0 Å². The van der Waals surface area contributed by atoms with Crippen LogP contribution in [0.5, 0.6) is 0 Å². The Morgan fingerprint density at radius 3 is 2.23 bits per heavy atom. The molecule has 1 aromatic carbocycles. The van der Waals surface area contributed by atoms with Gasteiger partial charge in [-0.2, -0.15) is 0 Å². The zero-order valence-electron chi connectivity index (χ0n) is 8.20. The van der Waals surface area contributed by atoms with Crippen LogP contribution in [0, 0.1) is 12.8 Å². The second kappa shape index (κ2) is 4.79. The van der Waals surface area contributed by atoms with Gasteiger partial charge in [-0.25, -0.2) is 0 Å². The molecule has 0 aromatic heterocycles. The molecule has 0 radical (unpaired) electrons. The van der Waals surface area contributed by atoms with Gasteiger partial charge in [-0.05, 0) is 0 Å². The second-order valence-electron chi connectivity index (χ2n) is 3.39. The van der Waals surface area contributed by atoms with Crippen LogP contribution in [-0.4, -0.2) is 24.8 Å². The molecule has 13 heavy (non-hydrogen) atoms.